The quantitative estimate of drug-likeness (QED) is 0.140. The fourth-order valence-electron chi connectivity index (χ4n) is 6.33. The van der Waals surface area contributed by atoms with E-state index in [1.54, 1.807) is 37.7 Å². The van der Waals surface area contributed by atoms with Crippen molar-refractivity contribution in [2.45, 2.75) is 44.8 Å². The van der Waals surface area contributed by atoms with Gasteiger partial charge in [-0.15, -0.1) is 0 Å². The molecule has 234 valence electrons. The van der Waals surface area contributed by atoms with Crippen LogP contribution in [0.25, 0.3) is 27.7 Å². The predicted molar refractivity (Wildman–Crippen MR) is 180 cm³/mol. The fraction of sp³-hybridized carbons (Fsp3) is 0.278. The average molecular weight is 635 g/mol. The molecule has 1 aliphatic rings. The molecule has 46 heavy (non-hydrogen) atoms. The van der Waals surface area contributed by atoms with Crippen molar-refractivity contribution < 1.29 is 14.3 Å². The van der Waals surface area contributed by atoms with Crippen molar-refractivity contribution in [2.75, 3.05) is 19.0 Å². The normalized spacial score (nSPS) is 16.7. The zero-order valence-corrected chi connectivity index (χ0v) is 26.8. The molecule has 0 saturated heterocycles. The van der Waals surface area contributed by atoms with Gasteiger partial charge in [-0.2, -0.15) is 5.26 Å². The molecule has 0 bridgehead atoms. The number of carbonyl (C=O) groups is 2. The van der Waals surface area contributed by atoms with Crippen LogP contribution in [0.2, 0.25) is 5.02 Å². The lowest BCUT2D eigenvalue weighted by Gasteiger charge is -2.27. The number of nitrogens with zero attached hydrogens (tertiary/aromatic N) is 4. The first-order valence-corrected chi connectivity index (χ1v) is 15.7. The van der Waals surface area contributed by atoms with E-state index in [2.05, 4.69) is 27.8 Å². The molecule has 0 unspecified atom stereocenters. The van der Waals surface area contributed by atoms with E-state index in [4.69, 9.17) is 16.3 Å². The molecule has 10 heteroatoms. The number of fused-ring (bicyclic) bond motifs is 2. The molecule has 2 N–H and O–H groups in total. The summed E-state index contributed by atoms with van der Waals surface area (Å²) in [5.41, 5.74) is 6.55. The molecular weight excluding hydrogens is 600 g/mol. The number of anilines is 1. The summed E-state index contributed by atoms with van der Waals surface area (Å²) in [6.45, 7) is 2.59. The van der Waals surface area contributed by atoms with Gasteiger partial charge in [-0.05, 0) is 80.6 Å². The Labute approximate surface area is 272 Å². The predicted octanol–water partition coefficient (Wildman–Crippen LogP) is 6.60. The fourth-order valence-corrected chi connectivity index (χ4v) is 6.72. The molecule has 0 radical (unpaired) electrons. The Hall–Kier alpha value is -4.75. The van der Waals surface area contributed by atoms with Gasteiger partial charge in [0.15, 0.2) is 0 Å². The lowest BCUT2D eigenvalue weighted by atomic mass is 9.93. The second kappa shape index (κ2) is 13.3. The summed E-state index contributed by atoms with van der Waals surface area (Å²) >= 11 is 6.90. The number of carbonyl (C=O) groups excluding carboxylic acids is 2. The zero-order valence-electron chi connectivity index (χ0n) is 26.0. The maximum Gasteiger partial charge on any atom is 0.248 e. The Bertz CT molecular complexity index is 2030. The Morgan fingerprint density at radius 3 is 2.70 bits per heavy atom. The van der Waals surface area contributed by atoms with E-state index in [1.165, 1.54) is 12.1 Å². The number of ketones is 1. The number of benzene rings is 2. The van der Waals surface area contributed by atoms with Crippen LogP contribution in [0.15, 0.2) is 73.2 Å². The maximum atomic E-state index is 13.7. The van der Waals surface area contributed by atoms with Crippen LogP contribution >= 0.6 is 11.6 Å². The van der Waals surface area contributed by atoms with Crippen LogP contribution in [0.5, 0.6) is 0 Å². The van der Waals surface area contributed by atoms with Gasteiger partial charge in [0.2, 0.25) is 11.7 Å². The van der Waals surface area contributed by atoms with Gasteiger partial charge in [0.05, 0.1) is 45.4 Å². The SMILES string of the molecule is COC1CCC(NC/C=C/C(=O)Nc2ccc(C(=O)c3ccc4c(-c5c(C)cc6c(ncn6C)c5Cl)cccn34)cc2C#N)CC1. The second-order valence-electron chi connectivity index (χ2n) is 11.7. The number of methoxy groups -OCH3 is 1. The van der Waals surface area contributed by atoms with E-state index in [0.717, 1.165) is 58.9 Å². The summed E-state index contributed by atoms with van der Waals surface area (Å²) in [6.07, 6.45) is 11.3. The molecule has 1 fully saturated rings. The Kier molecular flexibility index (Phi) is 9.04. The van der Waals surface area contributed by atoms with Crippen LogP contribution in [0.3, 0.4) is 0 Å². The van der Waals surface area contributed by atoms with Gasteiger partial charge >= 0.3 is 0 Å². The van der Waals surface area contributed by atoms with Crippen LogP contribution in [0.4, 0.5) is 5.69 Å². The molecule has 6 rings (SSSR count). The minimum absolute atomic E-state index is 0.202. The third kappa shape index (κ3) is 6.07. The average Bonchev–Trinajstić information content (AvgIpc) is 3.67. The van der Waals surface area contributed by atoms with E-state index in [9.17, 15) is 14.9 Å². The molecule has 5 aromatic rings. The number of nitriles is 1. The van der Waals surface area contributed by atoms with Crippen LogP contribution in [0, 0.1) is 18.3 Å². The Morgan fingerprint density at radius 2 is 1.93 bits per heavy atom. The third-order valence-electron chi connectivity index (χ3n) is 8.81. The van der Waals surface area contributed by atoms with Gasteiger partial charge in [-0.1, -0.05) is 23.7 Å². The van der Waals surface area contributed by atoms with Gasteiger partial charge in [0, 0.05) is 55.7 Å². The first kappa shape index (κ1) is 31.2. The molecule has 0 atom stereocenters. The van der Waals surface area contributed by atoms with Gasteiger partial charge < -0.3 is 24.3 Å². The highest BCUT2D eigenvalue weighted by Gasteiger charge is 2.21. The molecule has 1 saturated carbocycles. The summed E-state index contributed by atoms with van der Waals surface area (Å²) in [7, 11) is 3.69. The van der Waals surface area contributed by atoms with Crippen molar-refractivity contribution in [1.29, 1.82) is 5.26 Å². The minimum Gasteiger partial charge on any atom is -0.381 e. The molecular formula is C36H35ClN6O3. The smallest absolute Gasteiger partial charge is 0.248 e. The van der Waals surface area contributed by atoms with Crippen molar-refractivity contribution in [3.63, 3.8) is 0 Å². The number of aromatic nitrogens is 3. The highest BCUT2D eigenvalue weighted by atomic mass is 35.5. The van der Waals surface area contributed by atoms with Crippen molar-refractivity contribution in [1.82, 2.24) is 19.3 Å². The van der Waals surface area contributed by atoms with Crippen LogP contribution in [-0.4, -0.2) is 51.4 Å². The molecule has 0 aliphatic heterocycles. The largest absolute Gasteiger partial charge is 0.381 e. The minimum atomic E-state index is -0.344. The summed E-state index contributed by atoms with van der Waals surface area (Å²) in [5, 5.41) is 16.6. The Balaban J connectivity index is 1.18. The number of pyridine rings is 1. The molecule has 1 aliphatic carbocycles. The van der Waals surface area contributed by atoms with Crippen molar-refractivity contribution >= 4 is 45.5 Å². The standard InChI is InChI=1S/C36H35ClN6O3/c1-22-18-31-35(40-21-42(31)2)34(37)33(22)27-6-5-17-43-29(27)14-15-30(43)36(45)23-8-13-28(24(19-23)20-38)41-32(44)7-4-16-39-25-9-11-26(46-3)12-10-25/h4-8,13-15,17-19,21,25-26,39H,9-12,16H2,1-3H3,(H,41,44)/b7-4+. The molecule has 0 spiro atoms. The lowest BCUT2D eigenvalue weighted by molar-refractivity contribution is -0.111. The van der Waals surface area contributed by atoms with E-state index < -0.39 is 0 Å². The number of imidazole rings is 1. The number of nitrogens with one attached hydrogen (secondary N) is 2. The van der Waals surface area contributed by atoms with E-state index >= 15 is 0 Å². The summed E-state index contributed by atoms with van der Waals surface area (Å²) in [4.78, 5) is 30.8. The van der Waals surface area contributed by atoms with Gasteiger partial charge in [0.25, 0.3) is 0 Å². The number of hydrogen-bond acceptors (Lipinski definition) is 6. The van der Waals surface area contributed by atoms with Crippen molar-refractivity contribution in [3.8, 4) is 17.2 Å². The monoisotopic (exact) mass is 634 g/mol. The van der Waals surface area contributed by atoms with Crippen LogP contribution in [-0.2, 0) is 16.6 Å². The second-order valence-corrected chi connectivity index (χ2v) is 12.1. The number of amides is 1. The Morgan fingerprint density at radius 1 is 1.13 bits per heavy atom. The summed E-state index contributed by atoms with van der Waals surface area (Å²) in [6, 6.07) is 16.9. The van der Waals surface area contributed by atoms with Gasteiger partial charge in [-0.3, -0.25) is 9.59 Å². The molecule has 3 aromatic heterocycles. The van der Waals surface area contributed by atoms with Gasteiger partial charge in [-0.25, -0.2) is 4.98 Å². The number of rotatable bonds is 9. The van der Waals surface area contributed by atoms with E-state index in [1.807, 2.05) is 47.3 Å². The first-order chi connectivity index (χ1) is 22.3. The number of halogens is 1. The van der Waals surface area contributed by atoms with Gasteiger partial charge in [0.1, 0.15) is 11.6 Å². The third-order valence-corrected chi connectivity index (χ3v) is 9.18. The molecule has 2 aromatic carbocycles. The highest BCUT2D eigenvalue weighted by molar-refractivity contribution is 6.38. The van der Waals surface area contributed by atoms with Crippen LogP contribution in [0.1, 0.15) is 52.9 Å². The number of hydrogen-bond donors (Lipinski definition) is 2. The molecule has 1 amide bonds. The van der Waals surface area contributed by atoms with Crippen LogP contribution < -0.4 is 10.6 Å². The zero-order chi connectivity index (χ0) is 32.4. The lowest BCUT2D eigenvalue weighted by Crippen LogP contribution is -2.35. The van der Waals surface area contributed by atoms with E-state index in [-0.39, 0.29) is 17.3 Å². The summed E-state index contributed by atoms with van der Waals surface area (Å²) in [5.74, 6) is -0.594. The highest BCUT2D eigenvalue weighted by Crippen LogP contribution is 2.39. The number of ether oxygens (including phenoxy) is 1. The molecule has 9 nitrogen and oxygen atoms in total. The maximum absolute atomic E-state index is 13.7. The number of aryl methyl sites for hydroxylation is 2. The van der Waals surface area contributed by atoms with E-state index in [0.29, 0.717) is 40.7 Å². The van der Waals surface area contributed by atoms with Crippen molar-refractivity contribution in [3.05, 3.63) is 101 Å². The topological polar surface area (TPSA) is 113 Å². The summed E-state index contributed by atoms with van der Waals surface area (Å²) < 4.78 is 9.19. The first-order valence-electron chi connectivity index (χ1n) is 15.3. The van der Waals surface area contributed by atoms with Crippen molar-refractivity contribution in [2.24, 2.45) is 7.05 Å². The molecule has 3 heterocycles.